The van der Waals surface area contributed by atoms with Gasteiger partial charge in [0.2, 0.25) is 5.91 Å². The van der Waals surface area contributed by atoms with Crippen LogP contribution in [0.3, 0.4) is 0 Å². The van der Waals surface area contributed by atoms with Gasteiger partial charge in [-0.3, -0.25) is 14.4 Å². The fourth-order valence-electron chi connectivity index (χ4n) is 3.85. The maximum absolute atomic E-state index is 13.3. The van der Waals surface area contributed by atoms with E-state index in [-0.39, 0.29) is 30.9 Å². The van der Waals surface area contributed by atoms with E-state index in [2.05, 4.69) is 5.32 Å². The molecule has 1 N–H and O–H groups in total. The summed E-state index contributed by atoms with van der Waals surface area (Å²) in [6.07, 6.45) is 0.701. The van der Waals surface area contributed by atoms with Gasteiger partial charge in [-0.1, -0.05) is 25.1 Å². The SMILES string of the molecule is CCCN(CC(=O)Nc1ccccc1C)C(=O)c1ccc(OCC(=O)N2CCOCC2)c(OCC)c1. The molecule has 1 aliphatic heterocycles. The molecule has 0 spiro atoms. The Balaban J connectivity index is 1.68. The van der Waals surface area contributed by atoms with Crippen LogP contribution in [0.2, 0.25) is 0 Å². The second-order valence-corrected chi connectivity index (χ2v) is 8.47. The normalized spacial score (nSPS) is 13.1. The molecule has 2 aromatic carbocycles. The minimum Gasteiger partial charge on any atom is -0.490 e. The number of aryl methyl sites for hydroxylation is 1. The molecular formula is C27H35N3O6. The summed E-state index contributed by atoms with van der Waals surface area (Å²) in [6.45, 7) is 8.40. The van der Waals surface area contributed by atoms with Gasteiger partial charge in [-0.25, -0.2) is 0 Å². The van der Waals surface area contributed by atoms with Crippen LogP contribution in [0.5, 0.6) is 11.5 Å². The number of nitrogens with zero attached hydrogens (tertiary/aromatic N) is 2. The maximum atomic E-state index is 13.3. The van der Waals surface area contributed by atoms with Crippen molar-refractivity contribution in [1.29, 1.82) is 0 Å². The van der Waals surface area contributed by atoms with Gasteiger partial charge in [0, 0.05) is 30.9 Å². The number of nitrogens with one attached hydrogen (secondary N) is 1. The van der Waals surface area contributed by atoms with Gasteiger partial charge in [-0.15, -0.1) is 0 Å². The first-order valence-corrected chi connectivity index (χ1v) is 12.3. The fourth-order valence-corrected chi connectivity index (χ4v) is 3.85. The summed E-state index contributed by atoms with van der Waals surface area (Å²) >= 11 is 0. The molecule has 0 atom stereocenters. The Morgan fingerprint density at radius 3 is 2.47 bits per heavy atom. The molecule has 0 aliphatic carbocycles. The third kappa shape index (κ3) is 7.45. The lowest BCUT2D eigenvalue weighted by Gasteiger charge is -2.27. The molecule has 1 heterocycles. The maximum Gasteiger partial charge on any atom is 0.260 e. The number of hydrogen-bond donors (Lipinski definition) is 1. The number of carbonyl (C=O) groups excluding carboxylic acids is 3. The van der Waals surface area contributed by atoms with Crippen LogP contribution in [0.1, 0.15) is 36.2 Å². The highest BCUT2D eigenvalue weighted by atomic mass is 16.5. The van der Waals surface area contributed by atoms with Gasteiger partial charge in [0.25, 0.3) is 11.8 Å². The summed E-state index contributed by atoms with van der Waals surface area (Å²) < 4.78 is 16.7. The van der Waals surface area contributed by atoms with Crippen molar-refractivity contribution in [2.45, 2.75) is 27.2 Å². The number of rotatable bonds is 11. The topological polar surface area (TPSA) is 97.4 Å². The quantitative estimate of drug-likeness (QED) is 0.512. The van der Waals surface area contributed by atoms with Crippen molar-refractivity contribution < 1.29 is 28.6 Å². The third-order valence-electron chi connectivity index (χ3n) is 5.74. The number of hydrogen-bond acceptors (Lipinski definition) is 6. The predicted molar refractivity (Wildman–Crippen MR) is 137 cm³/mol. The second kappa shape index (κ2) is 13.5. The molecule has 9 nitrogen and oxygen atoms in total. The van der Waals surface area contributed by atoms with Crippen LogP contribution in [-0.4, -0.2) is 80.1 Å². The minimum atomic E-state index is -0.284. The standard InChI is InChI=1S/C27H35N3O6/c1-4-12-30(18-25(31)28-22-9-7-6-8-20(22)3)27(33)21-10-11-23(24(17-21)35-5-2)36-19-26(32)29-13-15-34-16-14-29/h6-11,17H,4-5,12-16,18-19H2,1-3H3,(H,28,31). The van der Waals surface area contributed by atoms with Gasteiger partial charge in [0.1, 0.15) is 6.54 Å². The zero-order valence-corrected chi connectivity index (χ0v) is 21.2. The van der Waals surface area contributed by atoms with Crippen LogP contribution < -0.4 is 14.8 Å². The van der Waals surface area contributed by atoms with E-state index in [4.69, 9.17) is 14.2 Å². The number of benzene rings is 2. The average molecular weight is 498 g/mol. The molecule has 0 bridgehead atoms. The average Bonchev–Trinajstić information content (AvgIpc) is 2.89. The minimum absolute atomic E-state index is 0.0721. The van der Waals surface area contributed by atoms with E-state index < -0.39 is 0 Å². The Morgan fingerprint density at radius 1 is 1.03 bits per heavy atom. The molecular weight excluding hydrogens is 462 g/mol. The van der Waals surface area contributed by atoms with Crippen molar-refractivity contribution in [2.75, 3.05) is 57.9 Å². The van der Waals surface area contributed by atoms with Crippen molar-refractivity contribution in [3.05, 3.63) is 53.6 Å². The molecule has 0 aromatic heterocycles. The van der Waals surface area contributed by atoms with Gasteiger partial charge in [-0.2, -0.15) is 0 Å². The summed E-state index contributed by atoms with van der Waals surface area (Å²) in [4.78, 5) is 41.7. The van der Waals surface area contributed by atoms with E-state index in [1.807, 2.05) is 45.0 Å². The number of amides is 3. The lowest BCUT2D eigenvalue weighted by molar-refractivity contribution is -0.137. The lowest BCUT2D eigenvalue weighted by Crippen LogP contribution is -2.43. The first-order valence-electron chi connectivity index (χ1n) is 12.3. The van der Waals surface area contributed by atoms with Crippen LogP contribution in [-0.2, 0) is 14.3 Å². The molecule has 0 radical (unpaired) electrons. The van der Waals surface area contributed by atoms with E-state index in [0.717, 1.165) is 11.3 Å². The Bertz CT molecular complexity index is 1050. The zero-order valence-electron chi connectivity index (χ0n) is 21.2. The number of morpholine rings is 1. The highest BCUT2D eigenvalue weighted by Crippen LogP contribution is 2.29. The molecule has 9 heteroatoms. The Morgan fingerprint density at radius 2 is 1.78 bits per heavy atom. The van der Waals surface area contributed by atoms with Crippen molar-refractivity contribution >= 4 is 23.4 Å². The molecule has 3 amide bonds. The molecule has 3 rings (SSSR count). The molecule has 1 fully saturated rings. The third-order valence-corrected chi connectivity index (χ3v) is 5.74. The van der Waals surface area contributed by atoms with Gasteiger partial charge in [-0.05, 0) is 50.1 Å². The number of para-hydroxylation sites is 1. The monoisotopic (exact) mass is 497 g/mol. The largest absolute Gasteiger partial charge is 0.490 e. The summed E-state index contributed by atoms with van der Waals surface area (Å²) in [7, 11) is 0. The number of carbonyl (C=O) groups is 3. The van der Waals surface area contributed by atoms with E-state index in [0.29, 0.717) is 62.9 Å². The first kappa shape index (κ1) is 27.0. The number of anilines is 1. The number of ether oxygens (including phenoxy) is 3. The smallest absolute Gasteiger partial charge is 0.260 e. The van der Waals surface area contributed by atoms with Crippen LogP contribution in [0.4, 0.5) is 5.69 Å². The van der Waals surface area contributed by atoms with Gasteiger partial charge in [0.15, 0.2) is 18.1 Å². The van der Waals surface area contributed by atoms with E-state index in [1.165, 1.54) is 4.90 Å². The van der Waals surface area contributed by atoms with Crippen molar-refractivity contribution in [1.82, 2.24) is 9.80 Å². The molecule has 0 saturated carbocycles. The van der Waals surface area contributed by atoms with Gasteiger partial charge < -0.3 is 29.3 Å². The second-order valence-electron chi connectivity index (χ2n) is 8.47. The molecule has 0 unspecified atom stereocenters. The highest BCUT2D eigenvalue weighted by molar-refractivity contribution is 6.00. The van der Waals surface area contributed by atoms with Gasteiger partial charge in [0.05, 0.1) is 19.8 Å². The fraction of sp³-hybridized carbons (Fsp3) is 0.444. The molecule has 2 aromatic rings. The molecule has 1 saturated heterocycles. The Labute approximate surface area is 212 Å². The van der Waals surface area contributed by atoms with Crippen LogP contribution in [0.15, 0.2) is 42.5 Å². The van der Waals surface area contributed by atoms with E-state index in [9.17, 15) is 14.4 Å². The van der Waals surface area contributed by atoms with Crippen LogP contribution in [0.25, 0.3) is 0 Å². The molecule has 194 valence electrons. The lowest BCUT2D eigenvalue weighted by atomic mass is 10.1. The van der Waals surface area contributed by atoms with Crippen molar-refractivity contribution in [3.8, 4) is 11.5 Å². The van der Waals surface area contributed by atoms with Crippen LogP contribution in [0, 0.1) is 6.92 Å². The van der Waals surface area contributed by atoms with Crippen LogP contribution >= 0.6 is 0 Å². The summed E-state index contributed by atoms with van der Waals surface area (Å²) in [6, 6.07) is 12.4. The van der Waals surface area contributed by atoms with Crippen molar-refractivity contribution in [2.24, 2.45) is 0 Å². The predicted octanol–water partition coefficient (Wildman–Crippen LogP) is 3.12. The Hall–Kier alpha value is -3.59. The molecule has 36 heavy (non-hydrogen) atoms. The zero-order chi connectivity index (χ0) is 25.9. The van der Waals surface area contributed by atoms with Gasteiger partial charge >= 0.3 is 0 Å². The summed E-state index contributed by atoms with van der Waals surface area (Å²) in [5, 5.41) is 2.88. The van der Waals surface area contributed by atoms with Crippen molar-refractivity contribution in [3.63, 3.8) is 0 Å². The summed E-state index contributed by atoms with van der Waals surface area (Å²) in [5.74, 6) is 0.0781. The highest BCUT2D eigenvalue weighted by Gasteiger charge is 2.22. The summed E-state index contributed by atoms with van der Waals surface area (Å²) in [5.41, 5.74) is 2.05. The van der Waals surface area contributed by atoms with E-state index >= 15 is 0 Å². The first-order chi connectivity index (χ1) is 17.4. The Kier molecular flexibility index (Phi) is 10.1. The van der Waals surface area contributed by atoms with E-state index in [1.54, 1.807) is 23.1 Å². The molecule has 1 aliphatic rings.